The number of benzene rings is 3. The van der Waals surface area contributed by atoms with E-state index in [2.05, 4.69) is 27.4 Å². The standard InChI is InChI=1S/C26H27N3O2/c30-25(12-7-16-31-17-15-20-8-3-1-4-9-20)29-26(21-10-5-2-6-11-21)22-13-14-23-24(18-22)28-19-27-23/h1-6,8-11,13-14,18-19,26H,7,12,15-17H2,(H,27,28)(H,29,30). The zero-order valence-electron chi connectivity index (χ0n) is 17.5. The first-order chi connectivity index (χ1) is 15.3. The molecule has 158 valence electrons. The molecule has 5 heteroatoms. The van der Waals surface area contributed by atoms with Crippen LogP contribution in [0.15, 0.2) is 85.2 Å². The Morgan fingerprint density at radius 3 is 2.52 bits per heavy atom. The minimum Gasteiger partial charge on any atom is -0.381 e. The lowest BCUT2D eigenvalue weighted by Gasteiger charge is -2.20. The van der Waals surface area contributed by atoms with Gasteiger partial charge in [0.15, 0.2) is 0 Å². The van der Waals surface area contributed by atoms with Crippen molar-refractivity contribution in [2.45, 2.75) is 25.3 Å². The third-order valence-electron chi connectivity index (χ3n) is 5.29. The Labute approximate surface area is 182 Å². The molecule has 31 heavy (non-hydrogen) atoms. The van der Waals surface area contributed by atoms with Crippen molar-refractivity contribution in [1.82, 2.24) is 15.3 Å². The van der Waals surface area contributed by atoms with Gasteiger partial charge in [0.25, 0.3) is 0 Å². The van der Waals surface area contributed by atoms with Gasteiger partial charge < -0.3 is 15.0 Å². The molecule has 0 saturated carbocycles. The van der Waals surface area contributed by atoms with E-state index >= 15 is 0 Å². The molecule has 0 aliphatic carbocycles. The summed E-state index contributed by atoms with van der Waals surface area (Å²) < 4.78 is 5.71. The summed E-state index contributed by atoms with van der Waals surface area (Å²) in [5.74, 6) is 0.0187. The van der Waals surface area contributed by atoms with Crippen LogP contribution in [0, 0.1) is 0 Å². The maximum atomic E-state index is 12.7. The second-order valence-electron chi connectivity index (χ2n) is 7.54. The molecule has 5 nitrogen and oxygen atoms in total. The van der Waals surface area contributed by atoms with Crippen molar-refractivity contribution in [2.24, 2.45) is 0 Å². The van der Waals surface area contributed by atoms with E-state index in [-0.39, 0.29) is 11.9 Å². The number of rotatable bonds is 10. The van der Waals surface area contributed by atoms with Crippen molar-refractivity contribution >= 4 is 16.9 Å². The van der Waals surface area contributed by atoms with Crippen LogP contribution in [-0.2, 0) is 16.0 Å². The number of imidazole rings is 1. The average Bonchev–Trinajstić information content (AvgIpc) is 3.29. The van der Waals surface area contributed by atoms with Crippen molar-refractivity contribution in [3.8, 4) is 0 Å². The van der Waals surface area contributed by atoms with E-state index in [1.165, 1.54) is 5.56 Å². The number of H-pyrrole nitrogens is 1. The second kappa shape index (κ2) is 10.5. The number of aromatic amines is 1. The molecule has 0 saturated heterocycles. The number of hydrogen-bond acceptors (Lipinski definition) is 3. The molecule has 1 amide bonds. The summed E-state index contributed by atoms with van der Waals surface area (Å²) in [6.45, 7) is 1.25. The minimum atomic E-state index is -0.208. The van der Waals surface area contributed by atoms with Gasteiger partial charge in [0.05, 0.1) is 30.0 Å². The fourth-order valence-corrected chi connectivity index (χ4v) is 3.64. The van der Waals surface area contributed by atoms with Crippen LogP contribution in [0.1, 0.15) is 35.6 Å². The molecule has 0 spiro atoms. The van der Waals surface area contributed by atoms with E-state index in [4.69, 9.17) is 4.74 Å². The van der Waals surface area contributed by atoms with Crippen LogP contribution in [0.4, 0.5) is 0 Å². The van der Waals surface area contributed by atoms with Crippen molar-refractivity contribution in [1.29, 1.82) is 0 Å². The van der Waals surface area contributed by atoms with Crippen LogP contribution < -0.4 is 5.32 Å². The number of carbonyl (C=O) groups excluding carboxylic acids is 1. The maximum absolute atomic E-state index is 12.7. The Balaban J connectivity index is 1.31. The predicted octanol–water partition coefficient (Wildman–Crippen LogP) is 4.81. The Bertz CT molecular complexity index is 1090. The summed E-state index contributed by atoms with van der Waals surface area (Å²) in [5.41, 5.74) is 5.21. The van der Waals surface area contributed by atoms with Gasteiger partial charge in [-0.1, -0.05) is 66.7 Å². The molecule has 2 N–H and O–H groups in total. The van der Waals surface area contributed by atoms with Gasteiger partial charge in [0.1, 0.15) is 0 Å². The largest absolute Gasteiger partial charge is 0.381 e. The number of hydrogen-bond donors (Lipinski definition) is 2. The number of fused-ring (bicyclic) bond motifs is 1. The summed E-state index contributed by atoms with van der Waals surface area (Å²) in [4.78, 5) is 20.1. The quantitative estimate of drug-likeness (QED) is 0.367. The van der Waals surface area contributed by atoms with Gasteiger partial charge in [-0.25, -0.2) is 4.98 Å². The molecule has 0 radical (unpaired) electrons. The predicted molar refractivity (Wildman–Crippen MR) is 123 cm³/mol. The molecule has 0 bridgehead atoms. The first-order valence-corrected chi connectivity index (χ1v) is 10.7. The fourth-order valence-electron chi connectivity index (χ4n) is 3.64. The van der Waals surface area contributed by atoms with Crippen molar-refractivity contribution in [2.75, 3.05) is 13.2 Å². The molecule has 1 heterocycles. The van der Waals surface area contributed by atoms with Crippen LogP contribution in [0.2, 0.25) is 0 Å². The minimum absolute atomic E-state index is 0.0187. The monoisotopic (exact) mass is 413 g/mol. The van der Waals surface area contributed by atoms with Gasteiger partial charge in [0.2, 0.25) is 5.91 Å². The smallest absolute Gasteiger partial charge is 0.220 e. The molecule has 0 fully saturated rings. The van der Waals surface area contributed by atoms with E-state index < -0.39 is 0 Å². The molecular formula is C26H27N3O2. The van der Waals surface area contributed by atoms with Gasteiger partial charge in [-0.15, -0.1) is 0 Å². The third kappa shape index (κ3) is 5.80. The number of nitrogens with zero attached hydrogens (tertiary/aromatic N) is 1. The molecule has 1 unspecified atom stereocenters. The summed E-state index contributed by atoms with van der Waals surface area (Å²) in [6.07, 6.45) is 3.70. The number of amides is 1. The average molecular weight is 414 g/mol. The maximum Gasteiger partial charge on any atom is 0.220 e. The lowest BCUT2D eigenvalue weighted by Crippen LogP contribution is -2.29. The van der Waals surface area contributed by atoms with Gasteiger partial charge >= 0.3 is 0 Å². The number of ether oxygens (including phenoxy) is 1. The highest BCUT2D eigenvalue weighted by Crippen LogP contribution is 2.24. The van der Waals surface area contributed by atoms with Crippen LogP contribution in [0.25, 0.3) is 11.0 Å². The molecule has 3 aromatic carbocycles. The zero-order valence-corrected chi connectivity index (χ0v) is 17.5. The van der Waals surface area contributed by atoms with Gasteiger partial charge in [0, 0.05) is 13.0 Å². The van der Waals surface area contributed by atoms with E-state index in [0.29, 0.717) is 26.1 Å². The molecule has 4 aromatic rings. The fraction of sp³-hybridized carbons (Fsp3) is 0.231. The lowest BCUT2D eigenvalue weighted by atomic mass is 9.98. The topological polar surface area (TPSA) is 67.0 Å². The molecule has 1 atom stereocenters. The first kappa shape index (κ1) is 20.8. The Morgan fingerprint density at radius 2 is 1.71 bits per heavy atom. The summed E-state index contributed by atoms with van der Waals surface area (Å²) >= 11 is 0. The van der Waals surface area contributed by atoms with Gasteiger partial charge in [-0.2, -0.15) is 0 Å². The molecule has 0 aliphatic rings. The Kier molecular flexibility index (Phi) is 7.08. The van der Waals surface area contributed by atoms with Crippen molar-refractivity contribution in [3.63, 3.8) is 0 Å². The highest BCUT2D eigenvalue weighted by Gasteiger charge is 2.17. The molecule has 4 rings (SSSR count). The zero-order chi connectivity index (χ0) is 21.3. The summed E-state index contributed by atoms with van der Waals surface area (Å²) in [5, 5.41) is 3.19. The summed E-state index contributed by atoms with van der Waals surface area (Å²) in [7, 11) is 0. The lowest BCUT2D eigenvalue weighted by molar-refractivity contribution is -0.121. The third-order valence-corrected chi connectivity index (χ3v) is 5.29. The Morgan fingerprint density at radius 1 is 0.935 bits per heavy atom. The van der Waals surface area contributed by atoms with Crippen LogP contribution >= 0.6 is 0 Å². The second-order valence-corrected chi connectivity index (χ2v) is 7.54. The van der Waals surface area contributed by atoms with Crippen LogP contribution in [0.5, 0.6) is 0 Å². The summed E-state index contributed by atoms with van der Waals surface area (Å²) in [6, 6.07) is 26.1. The van der Waals surface area contributed by atoms with Crippen LogP contribution in [-0.4, -0.2) is 29.1 Å². The normalized spacial score (nSPS) is 12.0. The van der Waals surface area contributed by atoms with Gasteiger partial charge in [-0.3, -0.25) is 4.79 Å². The molecule has 1 aromatic heterocycles. The van der Waals surface area contributed by atoms with E-state index in [0.717, 1.165) is 28.6 Å². The van der Waals surface area contributed by atoms with Gasteiger partial charge in [-0.05, 0) is 41.7 Å². The van der Waals surface area contributed by atoms with Crippen molar-refractivity contribution in [3.05, 3.63) is 102 Å². The number of aromatic nitrogens is 2. The molecular weight excluding hydrogens is 386 g/mol. The highest BCUT2D eigenvalue weighted by molar-refractivity contribution is 5.78. The number of nitrogens with one attached hydrogen (secondary N) is 2. The van der Waals surface area contributed by atoms with E-state index in [1.807, 2.05) is 66.7 Å². The SMILES string of the molecule is O=C(CCCOCCc1ccccc1)NC(c1ccccc1)c1ccc2nc[nH]c2c1. The first-order valence-electron chi connectivity index (χ1n) is 10.7. The Hall–Kier alpha value is -3.44. The van der Waals surface area contributed by atoms with E-state index in [9.17, 15) is 4.79 Å². The van der Waals surface area contributed by atoms with Crippen molar-refractivity contribution < 1.29 is 9.53 Å². The highest BCUT2D eigenvalue weighted by atomic mass is 16.5. The van der Waals surface area contributed by atoms with Crippen LogP contribution in [0.3, 0.4) is 0 Å². The van der Waals surface area contributed by atoms with E-state index in [1.54, 1.807) is 6.33 Å². The molecule has 0 aliphatic heterocycles. The number of carbonyl (C=O) groups is 1.